The first-order valence-corrected chi connectivity index (χ1v) is 27.4. The second kappa shape index (κ2) is 50.8. The molecule has 0 heterocycles. The van der Waals surface area contributed by atoms with Crippen molar-refractivity contribution in [1.29, 1.82) is 0 Å². The van der Waals surface area contributed by atoms with Gasteiger partial charge in [-0.25, -0.2) is 0 Å². The van der Waals surface area contributed by atoms with Crippen LogP contribution >= 0.6 is 0 Å². The Labute approximate surface area is 391 Å². The summed E-state index contributed by atoms with van der Waals surface area (Å²) in [5.74, 6) is -0.530. The highest BCUT2D eigenvalue weighted by Crippen LogP contribution is 2.18. The molecule has 0 fully saturated rings. The minimum absolute atomic E-state index is 0.0588. The lowest BCUT2D eigenvalue weighted by molar-refractivity contribution is -0.151. The largest absolute Gasteiger partial charge is 0.462 e. The first kappa shape index (κ1) is 60.8. The number of hydrogen-bond donors (Lipinski definition) is 3. The molecule has 0 aromatic heterocycles. The Morgan fingerprint density at radius 3 is 1.22 bits per heavy atom. The van der Waals surface area contributed by atoms with Crippen molar-refractivity contribution in [1.82, 2.24) is 5.32 Å². The van der Waals surface area contributed by atoms with Gasteiger partial charge in [0.25, 0.3) is 0 Å². The Morgan fingerprint density at radius 1 is 0.460 bits per heavy atom. The molecule has 0 aliphatic heterocycles. The molecule has 0 rings (SSSR count). The maximum absolute atomic E-state index is 13.2. The Hall–Kier alpha value is -2.18. The van der Waals surface area contributed by atoms with Crippen molar-refractivity contribution in [2.45, 2.75) is 296 Å². The summed E-state index contributed by atoms with van der Waals surface area (Å²) < 4.78 is 5.92. The van der Waals surface area contributed by atoms with Crippen LogP contribution in [0.3, 0.4) is 0 Å². The number of rotatable bonds is 49. The Morgan fingerprint density at radius 2 is 0.810 bits per heavy atom. The molecule has 0 aliphatic carbocycles. The molecule has 0 spiro atoms. The van der Waals surface area contributed by atoms with Crippen LogP contribution < -0.4 is 5.32 Å². The van der Waals surface area contributed by atoms with Crippen LogP contribution in [0.4, 0.5) is 0 Å². The lowest BCUT2D eigenvalue weighted by Gasteiger charge is -2.24. The van der Waals surface area contributed by atoms with E-state index in [2.05, 4.69) is 74.7 Å². The Bertz CT molecular complexity index is 1080. The number of carbonyl (C=O) groups is 2. The minimum atomic E-state index is -0.795. The molecule has 6 heteroatoms. The molecule has 0 saturated carbocycles. The van der Waals surface area contributed by atoms with Gasteiger partial charge in [0.1, 0.15) is 6.10 Å². The van der Waals surface area contributed by atoms with Crippen LogP contribution in [-0.4, -0.2) is 46.9 Å². The zero-order valence-corrected chi connectivity index (χ0v) is 42.0. The number of esters is 1. The molecular formula is C57H105NO5. The highest BCUT2D eigenvalue weighted by Gasteiger charge is 2.24. The van der Waals surface area contributed by atoms with Gasteiger partial charge in [-0.05, 0) is 64.2 Å². The molecule has 0 aliphatic rings. The summed E-state index contributed by atoms with van der Waals surface area (Å²) in [6, 6.07) is -0.710. The van der Waals surface area contributed by atoms with Gasteiger partial charge in [-0.15, -0.1) is 0 Å². The third-order valence-electron chi connectivity index (χ3n) is 12.4. The Balaban J connectivity index is 4.64. The van der Waals surface area contributed by atoms with E-state index < -0.39 is 18.2 Å². The van der Waals surface area contributed by atoms with Crippen LogP contribution in [0.2, 0.25) is 0 Å². The lowest BCUT2D eigenvalue weighted by Crippen LogP contribution is -2.46. The molecule has 3 N–H and O–H groups in total. The second-order valence-corrected chi connectivity index (χ2v) is 18.6. The number of hydrogen-bond acceptors (Lipinski definition) is 5. The lowest BCUT2D eigenvalue weighted by atomic mass is 10.0. The van der Waals surface area contributed by atoms with Gasteiger partial charge in [0.2, 0.25) is 5.91 Å². The summed E-state index contributed by atoms with van der Waals surface area (Å²) in [6.07, 6.45) is 61.7. The van der Waals surface area contributed by atoms with Gasteiger partial charge in [-0.3, -0.25) is 9.59 Å². The van der Waals surface area contributed by atoms with E-state index in [1.54, 1.807) is 0 Å². The van der Waals surface area contributed by atoms with Crippen molar-refractivity contribution >= 4 is 11.9 Å². The van der Waals surface area contributed by atoms with Crippen molar-refractivity contribution in [2.75, 3.05) is 6.61 Å². The molecule has 3 atom stereocenters. The van der Waals surface area contributed by atoms with E-state index in [0.717, 1.165) is 64.2 Å². The number of unbranched alkanes of at least 4 members (excludes halogenated alkanes) is 29. The van der Waals surface area contributed by atoms with Crippen LogP contribution in [0.5, 0.6) is 0 Å². The maximum atomic E-state index is 13.2. The zero-order chi connectivity index (χ0) is 45.9. The van der Waals surface area contributed by atoms with E-state index >= 15 is 0 Å². The topological polar surface area (TPSA) is 95.9 Å². The van der Waals surface area contributed by atoms with Gasteiger partial charge in [0.15, 0.2) is 0 Å². The summed E-state index contributed by atoms with van der Waals surface area (Å²) in [5, 5.41) is 23.8. The van der Waals surface area contributed by atoms with Crippen LogP contribution in [-0.2, 0) is 14.3 Å². The number of aliphatic hydroxyl groups is 2. The molecule has 0 aromatic rings. The van der Waals surface area contributed by atoms with Crippen molar-refractivity contribution in [3.63, 3.8) is 0 Å². The van der Waals surface area contributed by atoms with Crippen LogP contribution in [0.15, 0.2) is 48.6 Å². The number of carbonyl (C=O) groups excluding carboxylic acids is 2. The molecule has 0 radical (unpaired) electrons. The predicted octanol–water partition coefficient (Wildman–Crippen LogP) is 16.6. The van der Waals surface area contributed by atoms with Gasteiger partial charge in [-0.1, -0.05) is 249 Å². The SMILES string of the molecule is CCCCC/C=C\C/C=C\C/C=C\C/C=C\CCCC(=O)OC(CCCCCCCCCCCCCCCCCC)CC(=O)NC(CO)C(O)CCCCCCCCCCCCC. The summed E-state index contributed by atoms with van der Waals surface area (Å²) in [7, 11) is 0. The van der Waals surface area contributed by atoms with Crippen LogP contribution in [0.25, 0.3) is 0 Å². The highest BCUT2D eigenvalue weighted by atomic mass is 16.5. The summed E-state index contributed by atoms with van der Waals surface area (Å²) in [4.78, 5) is 26.2. The third-order valence-corrected chi connectivity index (χ3v) is 12.4. The first-order chi connectivity index (χ1) is 31.0. The van der Waals surface area contributed by atoms with Gasteiger partial charge in [-0.2, -0.15) is 0 Å². The smallest absolute Gasteiger partial charge is 0.306 e. The summed E-state index contributed by atoms with van der Waals surface area (Å²) in [5.41, 5.74) is 0. The van der Waals surface area contributed by atoms with E-state index in [-0.39, 0.29) is 24.9 Å². The average Bonchev–Trinajstić information content (AvgIpc) is 3.28. The first-order valence-electron chi connectivity index (χ1n) is 27.4. The van der Waals surface area contributed by atoms with Gasteiger partial charge >= 0.3 is 5.97 Å². The Kier molecular flexibility index (Phi) is 49.1. The fraction of sp³-hybridized carbons (Fsp3) is 0.825. The van der Waals surface area contributed by atoms with E-state index in [9.17, 15) is 19.8 Å². The molecule has 63 heavy (non-hydrogen) atoms. The molecule has 1 amide bonds. The van der Waals surface area contributed by atoms with E-state index in [1.807, 2.05) is 0 Å². The maximum Gasteiger partial charge on any atom is 0.306 e. The standard InChI is InChI=1S/C57H105NO5/c1-4-7-10-13-16-19-22-24-26-28-30-32-35-38-41-44-47-50-57(62)63-53(48-45-42-39-36-34-31-29-27-25-23-20-17-14-11-8-5-2)51-56(61)58-54(52-59)55(60)49-46-43-40-37-33-21-18-15-12-9-6-3/h16,19,24,26,30,32,38,41,53-55,59-60H,4-15,17-18,20-23,25,27-29,31,33-37,39-40,42-52H2,1-3H3,(H,58,61)/b19-16-,26-24-,32-30-,41-38-. The van der Waals surface area contributed by atoms with E-state index in [1.165, 1.54) is 161 Å². The zero-order valence-electron chi connectivity index (χ0n) is 42.0. The number of nitrogens with one attached hydrogen (secondary N) is 1. The number of amides is 1. The summed E-state index contributed by atoms with van der Waals surface area (Å²) in [6.45, 7) is 6.46. The van der Waals surface area contributed by atoms with Gasteiger partial charge in [0, 0.05) is 6.42 Å². The van der Waals surface area contributed by atoms with Crippen molar-refractivity contribution in [3.8, 4) is 0 Å². The summed E-state index contributed by atoms with van der Waals surface area (Å²) >= 11 is 0. The van der Waals surface area contributed by atoms with Crippen LogP contribution in [0.1, 0.15) is 278 Å². The average molecular weight is 884 g/mol. The molecule has 0 bridgehead atoms. The fourth-order valence-electron chi connectivity index (χ4n) is 8.25. The number of aliphatic hydroxyl groups excluding tert-OH is 2. The molecule has 368 valence electrons. The third kappa shape index (κ3) is 46.2. The van der Waals surface area contributed by atoms with Crippen molar-refractivity contribution in [2.24, 2.45) is 0 Å². The molecule has 3 unspecified atom stereocenters. The van der Waals surface area contributed by atoms with Crippen molar-refractivity contribution in [3.05, 3.63) is 48.6 Å². The van der Waals surface area contributed by atoms with Crippen molar-refractivity contribution < 1.29 is 24.5 Å². The van der Waals surface area contributed by atoms with Crippen LogP contribution in [0, 0.1) is 0 Å². The van der Waals surface area contributed by atoms with Gasteiger partial charge < -0.3 is 20.3 Å². The number of allylic oxidation sites excluding steroid dienone is 8. The molecule has 0 saturated heterocycles. The number of ether oxygens (including phenoxy) is 1. The monoisotopic (exact) mass is 884 g/mol. The highest BCUT2D eigenvalue weighted by molar-refractivity contribution is 5.77. The fourth-order valence-corrected chi connectivity index (χ4v) is 8.25. The minimum Gasteiger partial charge on any atom is -0.462 e. The normalized spacial score (nSPS) is 13.5. The van der Waals surface area contributed by atoms with Gasteiger partial charge in [0.05, 0.1) is 25.2 Å². The molecule has 6 nitrogen and oxygen atoms in total. The quantitative estimate of drug-likeness (QED) is 0.0321. The van der Waals surface area contributed by atoms with E-state index in [4.69, 9.17) is 4.74 Å². The molecular weight excluding hydrogens is 779 g/mol. The second-order valence-electron chi connectivity index (χ2n) is 18.6. The van der Waals surface area contributed by atoms with E-state index in [0.29, 0.717) is 25.7 Å². The molecule has 0 aromatic carbocycles. The predicted molar refractivity (Wildman–Crippen MR) is 273 cm³/mol.